The molecule has 3 nitrogen and oxygen atoms in total. The zero-order chi connectivity index (χ0) is 12.8. The lowest BCUT2D eigenvalue weighted by Crippen LogP contribution is -2.08. The summed E-state index contributed by atoms with van der Waals surface area (Å²) in [6, 6.07) is 3.54. The van der Waals surface area contributed by atoms with Crippen LogP contribution in [0.15, 0.2) is 16.6 Å². The van der Waals surface area contributed by atoms with Gasteiger partial charge in [0, 0.05) is 4.47 Å². The molecule has 4 heteroatoms. The Balaban J connectivity index is 3.07. The third-order valence-corrected chi connectivity index (χ3v) is 2.49. The Bertz CT molecular complexity index is 388. The zero-order valence-electron chi connectivity index (χ0n) is 10.3. The highest BCUT2D eigenvalue weighted by molar-refractivity contribution is 9.10. The predicted octanol–water partition coefficient (Wildman–Crippen LogP) is 3.70. The van der Waals surface area contributed by atoms with Gasteiger partial charge in [0.25, 0.3) is 0 Å². The van der Waals surface area contributed by atoms with Crippen LogP contribution >= 0.6 is 15.9 Å². The lowest BCUT2D eigenvalue weighted by molar-refractivity contribution is 0.111. The van der Waals surface area contributed by atoms with Crippen molar-refractivity contribution in [1.29, 1.82) is 0 Å². The first-order valence-corrected chi connectivity index (χ1v) is 6.42. The molecule has 0 heterocycles. The van der Waals surface area contributed by atoms with E-state index in [0.717, 1.165) is 10.8 Å². The molecule has 0 amide bonds. The predicted molar refractivity (Wildman–Crippen MR) is 71.0 cm³/mol. The van der Waals surface area contributed by atoms with E-state index in [4.69, 9.17) is 9.47 Å². The molecule has 0 N–H and O–H groups in total. The second-order valence-electron chi connectivity index (χ2n) is 4.08. The van der Waals surface area contributed by atoms with Crippen molar-refractivity contribution in [2.75, 3.05) is 13.2 Å². The van der Waals surface area contributed by atoms with Crippen molar-refractivity contribution < 1.29 is 14.3 Å². The second kappa shape index (κ2) is 6.64. The summed E-state index contributed by atoms with van der Waals surface area (Å²) in [4.78, 5) is 11.0. The zero-order valence-corrected chi connectivity index (χ0v) is 11.9. The van der Waals surface area contributed by atoms with Crippen molar-refractivity contribution in [1.82, 2.24) is 0 Å². The van der Waals surface area contributed by atoms with E-state index in [-0.39, 0.29) is 0 Å². The standard InChI is InChI=1S/C13H17BrO3/c1-4-16-12-6-11(14)5-10(7-15)13(12)17-8-9(2)3/h5-7,9H,4,8H2,1-3H3. The van der Waals surface area contributed by atoms with Gasteiger partial charge in [-0.1, -0.05) is 29.8 Å². The highest BCUT2D eigenvalue weighted by atomic mass is 79.9. The maximum atomic E-state index is 11.0. The van der Waals surface area contributed by atoms with Crippen molar-refractivity contribution >= 4 is 22.2 Å². The van der Waals surface area contributed by atoms with Crippen molar-refractivity contribution in [2.45, 2.75) is 20.8 Å². The maximum Gasteiger partial charge on any atom is 0.171 e. The van der Waals surface area contributed by atoms with Crippen molar-refractivity contribution in [2.24, 2.45) is 5.92 Å². The molecular formula is C13H17BrO3. The first-order valence-electron chi connectivity index (χ1n) is 5.62. The van der Waals surface area contributed by atoms with Crippen LogP contribution in [-0.4, -0.2) is 19.5 Å². The molecular weight excluding hydrogens is 284 g/mol. The van der Waals surface area contributed by atoms with Gasteiger partial charge in [-0.15, -0.1) is 0 Å². The lowest BCUT2D eigenvalue weighted by atomic mass is 10.2. The average molecular weight is 301 g/mol. The number of hydrogen-bond acceptors (Lipinski definition) is 3. The number of ether oxygens (including phenoxy) is 2. The largest absolute Gasteiger partial charge is 0.490 e. The number of hydrogen-bond donors (Lipinski definition) is 0. The molecule has 0 saturated heterocycles. The Hall–Kier alpha value is -1.03. The molecule has 0 saturated carbocycles. The summed E-state index contributed by atoms with van der Waals surface area (Å²) in [5.74, 6) is 1.52. The highest BCUT2D eigenvalue weighted by Crippen LogP contribution is 2.34. The van der Waals surface area contributed by atoms with Gasteiger partial charge in [-0.25, -0.2) is 0 Å². The summed E-state index contributed by atoms with van der Waals surface area (Å²) in [5, 5.41) is 0. The van der Waals surface area contributed by atoms with Crippen LogP contribution < -0.4 is 9.47 Å². The first kappa shape index (κ1) is 14.0. The molecule has 0 bridgehead atoms. The molecule has 0 atom stereocenters. The summed E-state index contributed by atoms with van der Waals surface area (Å²) in [7, 11) is 0. The van der Waals surface area contributed by atoms with Crippen LogP contribution in [0.2, 0.25) is 0 Å². The summed E-state index contributed by atoms with van der Waals surface area (Å²) in [6.07, 6.45) is 0.781. The normalized spacial score (nSPS) is 10.4. The summed E-state index contributed by atoms with van der Waals surface area (Å²) < 4.78 is 11.9. The molecule has 1 aromatic rings. The van der Waals surface area contributed by atoms with Crippen LogP contribution in [0.4, 0.5) is 0 Å². The van der Waals surface area contributed by atoms with E-state index in [1.54, 1.807) is 6.07 Å². The molecule has 0 unspecified atom stereocenters. The minimum Gasteiger partial charge on any atom is -0.490 e. The number of halogens is 1. The molecule has 1 aromatic carbocycles. The van der Waals surface area contributed by atoms with Gasteiger partial charge in [0.15, 0.2) is 17.8 Å². The molecule has 0 aliphatic rings. The number of benzene rings is 1. The Kier molecular flexibility index (Phi) is 5.48. The Morgan fingerprint density at radius 1 is 1.35 bits per heavy atom. The third kappa shape index (κ3) is 4.04. The summed E-state index contributed by atoms with van der Waals surface area (Å²) in [6.45, 7) is 7.10. The SMILES string of the molecule is CCOc1cc(Br)cc(C=O)c1OCC(C)C. The van der Waals surface area contributed by atoms with E-state index in [9.17, 15) is 4.79 Å². The summed E-state index contributed by atoms with van der Waals surface area (Å²) in [5.41, 5.74) is 0.503. The van der Waals surface area contributed by atoms with Crippen molar-refractivity contribution in [3.05, 3.63) is 22.2 Å². The van der Waals surface area contributed by atoms with E-state index < -0.39 is 0 Å². The number of carbonyl (C=O) groups is 1. The van der Waals surface area contributed by atoms with Gasteiger partial charge in [0.05, 0.1) is 18.8 Å². The molecule has 0 fully saturated rings. The Morgan fingerprint density at radius 2 is 2.06 bits per heavy atom. The fourth-order valence-electron chi connectivity index (χ4n) is 1.34. The van der Waals surface area contributed by atoms with Crippen LogP contribution in [0.3, 0.4) is 0 Å². The molecule has 17 heavy (non-hydrogen) atoms. The second-order valence-corrected chi connectivity index (χ2v) is 4.99. The molecule has 0 spiro atoms. The Morgan fingerprint density at radius 3 is 2.59 bits per heavy atom. The van der Waals surface area contributed by atoms with Gasteiger partial charge in [-0.2, -0.15) is 0 Å². The van der Waals surface area contributed by atoms with Gasteiger partial charge in [0.1, 0.15) is 0 Å². The van der Waals surface area contributed by atoms with E-state index in [0.29, 0.717) is 36.2 Å². The smallest absolute Gasteiger partial charge is 0.171 e. The first-order chi connectivity index (χ1) is 8.08. The van der Waals surface area contributed by atoms with Crippen LogP contribution in [0.25, 0.3) is 0 Å². The topological polar surface area (TPSA) is 35.5 Å². The fourth-order valence-corrected chi connectivity index (χ4v) is 1.80. The van der Waals surface area contributed by atoms with Crippen molar-refractivity contribution in [3.63, 3.8) is 0 Å². The quantitative estimate of drug-likeness (QED) is 0.752. The molecule has 0 aliphatic heterocycles. The van der Waals surface area contributed by atoms with E-state index in [2.05, 4.69) is 29.8 Å². The molecule has 1 rings (SSSR count). The average Bonchev–Trinajstić information content (AvgIpc) is 2.27. The minimum absolute atomic E-state index is 0.396. The van der Waals surface area contributed by atoms with E-state index in [1.165, 1.54) is 0 Å². The van der Waals surface area contributed by atoms with Crippen LogP contribution in [0.1, 0.15) is 31.1 Å². The fraction of sp³-hybridized carbons (Fsp3) is 0.462. The van der Waals surface area contributed by atoms with Gasteiger partial charge in [-0.3, -0.25) is 4.79 Å². The van der Waals surface area contributed by atoms with E-state index >= 15 is 0 Å². The maximum absolute atomic E-state index is 11.0. The van der Waals surface area contributed by atoms with Gasteiger partial charge in [0.2, 0.25) is 0 Å². The van der Waals surface area contributed by atoms with Gasteiger partial charge >= 0.3 is 0 Å². The highest BCUT2D eigenvalue weighted by Gasteiger charge is 2.13. The van der Waals surface area contributed by atoms with Crippen LogP contribution in [-0.2, 0) is 0 Å². The number of rotatable bonds is 6. The molecule has 94 valence electrons. The van der Waals surface area contributed by atoms with Crippen LogP contribution in [0, 0.1) is 5.92 Å². The van der Waals surface area contributed by atoms with Crippen molar-refractivity contribution in [3.8, 4) is 11.5 Å². The van der Waals surface area contributed by atoms with Gasteiger partial charge < -0.3 is 9.47 Å². The van der Waals surface area contributed by atoms with Crippen LogP contribution in [0.5, 0.6) is 11.5 Å². The lowest BCUT2D eigenvalue weighted by Gasteiger charge is -2.15. The Labute approximate surface area is 110 Å². The monoisotopic (exact) mass is 300 g/mol. The molecule has 0 radical (unpaired) electrons. The molecule has 0 aromatic heterocycles. The number of aldehydes is 1. The van der Waals surface area contributed by atoms with Gasteiger partial charge in [-0.05, 0) is 25.0 Å². The minimum atomic E-state index is 0.396. The van der Waals surface area contributed by atoms with E-state index in [1.807, 2.05) is 13.0 Å². The third-order valence-electron chi connectivity index (χ3n) is 2.04. The molecule has 0 aliphatic carbocycles. The number of carbonyl (C=O) groups excluding carboxylic acids is 1. The summed E-state index contributed by atoms with van der Waals surface area (Å²) >= 11 is 3.34.